The first-order chi connectivity index (χ1) is 9.13. The maximum atomic E-state index is 10.8. The Balaban J connectivity index is 1.65. The summed E-state index contributed by atoms with van der Waals surface area (Å²) < 4.78 is 0. The highest BCUT2D eigenvalue weighted by molar-refractivity contribution is 6.33. The van der Waals surface area contributed by atoms with Crippen molar-refractivity contribution in [1.29, 1.82) is 0 Å². The van der Waals surface area contributed by atoms with Gasteiger partial charge in [-0.05, 0) is 37.5 Å². The lowest BCUT2D eigenvalue weighted by molar-refractivity contribution is 0.0697. The molecule has 2 fully saturated rings. The summed E-state index contributed by atoms with van der Waals surface area (Å²) >= 11 is 6.12. The average Bonchev–Trinajstić information content (AvgIpc) is 3.12. The molecule has 1 aliphatic carbocycles. The maximum Gasteiger partial charge on any atom is 0.335 e. The van der Waals surface area contributed by atoms with Crippen molar-refractivity contribution in [3.8, 4) is 0 Å². The molecule has 1 atom stereocenters. The zero-order valence-corrected chi connectivity index (χ0v) is 11.4. The van der Waals surface area contributed by atoms with Crippen LogP contribution in [0, 0.1) is 0 Å². The van der Waals surface area contributed by atoms with E-state index in [0.29, 0.717) is 11.1 Å². The van der Waals surface area contributed by atoms with Crippen molar-refractivity contribution in [3.63, 3.8) is 0 Å². The van der Waals surface area contributed by atoms with Gasteiger partial charge >= 0.3 is 5.97 Å². The van der Waals surface area contributed by atoms with Crippen LogP contribution in [0.25, 0.3) is 0 Å². The second-order valence-electron chi connectivity index (χ2n) is 5.36. The Hall–Kier alpha value is -1.26. The van der Waals surface area contributed by atoms with Crippen molar-refractivity contribution >= 4 is 23.3 Å². The minimum Gasteiger partial charge on any atom is -0.478 e. The van der Waals surface area contributed by atoms with Crippen LogP contribution in [-0.4, -0.2) is 41.1 Å². The molecule has 5 heteroatoms. The standard InChI is InChI=1S/C14H17ClN2O2/c15-12-7-9(14(18)19)1-4-13(12)16-10-5-6-17(8-10)11-2-3-11/h1,4,7,10-11,16H,2-3,5-6,8H2,(H,18,19). The molecule has 1 aromatic rings. The largest absolute Gasteiger partial charge is 0.478 e. The van der Waals surface area contributed by atoms with Crippen LogP contribution >= 0.6 is 11.6 Å². The van der Waals surface area contributed by atoms with Crippen LogP contribution in [0.1, 0.15) is 29.6 Å². The minimum atomic E-state index is -0.950. The fourth-order valence-electron chi connectivity index (χ4n) is 2.66. The van der Waals surface area contributed by atoms with Crippen LogP contribution in [0.15, 0.2) is 18.2 Å². The lowest BCUT2D eigenvalue weighted by atomic mass is 10.2. The summed E-state index contributed by atoms with van der Waals surface area (Å²) in [6.07, 6.45) is 3.79. The number of halogens is 1. The number of likely N-dealkylation sites (tertiary alicyclic amines) is 1. The van der Waals surface area contributed by atoms with Crippen molar-refractivity contribution < 1.29 is 9.90 Å². The molecule has 4 nitrogen and oxygen atoms in total. The number of benzene rings is 1. The smallest absolute Gasteiger partial charge is 0.335 e. The van der Waals surface area contributed by atoms with Gasteiger partial charge in [0.05, 0.1) is 16.3 Å². The van der Waals surface area contributed by atoms with Crippen molar-refractivity contribution in [3.05, 3.63) is 28.8 Å². The third kappa shape index (κ3) is 2.85. The predicted octanol–water partition coefficient (Wildman–Crippen LogP) is 2.69. The molecule has 0 radical (unpaired) electrons. The van der Waals surface area contributed by atoms with Crippen LogP contribution in [0.4, 0.5) is 5.69 Å². The second-order valence-corrected chi connectivity index (χ2v) is 5.76. The Kier molecular flexibility index (Phi) is 3.37. The number of hydrogen-bond donors (Lipinski definition) is 2. The van der Waals surface area contributed by atoms with Gasteiger partial charge in [0, 0.05) is 25.2 Å². The summed E-state index contributed by atoms with van der Waals surface area (Å²) in [6, 6.07) is 6.06. The first-order valence-electron chi connectivity index (χ1n) is 6.67. The van der Waals surface area contributed by atoms with Gasteiger partial charge in [-0.1, -0.05) is 11.6 Å². The number of rotatable bonds is 4. The maximum absolute atomic E-state index is 10.8. The number of nitrogens with one attached hydrogen (secondary N) is 1. The molecule has 1 heterocycles. The molecule has 19 heavy (non-hydrogen) atoms. The Morgan fingerprint density at radius 1 is 1.37 bits per heavy atom. The van der Waals surface area contributed by atoms with Crippen LogP contribution in [0.3, 0.4) is 0 Å². The number of carboxylic acid groups (broad SMARTS) is 1. The molecule has 1 unspecified atom stereocenters. The Labute approximate surface area is 117 Å². The van der Waals surface area contributed by atoms with Gasteiger partial charge in [-0.25, -0.2) is 4.79 Å². The number of hydrogen-bond acceptors (Lipinski definition) is 3. The van der Waals surface area contributed by atoms with Gasteiger partial charge in [-0.3, -0.25) is 4.90 Å². The zero-order chi connectivity index (χ0) is 13.4. The van der Waals surface area contributed by atoms with E-state index in [2.05, 4.69) is 10.2 Å². The summed E-state index contributed by atoms with van der Waals surface area (Å²) in [7, 11) is 0. The van der Waals surface area contributed by atoms with Crippen LogP contribution in [-0.2, 0) is 0 Å². The summed E-state index contributed by atoms with van der Waals surface area (Å²) in [6.45, 7) is 2.20. The zero-order valence-electron chi connectivity index (χ0n) is 10.6. The van der Waals surface area contributed by atoms with Crippen molar-refractivity contribution in [2.75, 3.05) is 18.4 Å². The molecule has 102 valence electrons. The third-order valence-electron chi connectivity index (χ3n) is 3.86. The summed E-state index contributed by atoms with van der Waals surface area (Å²) in [5.41, 5.74) is 1.05. The molecular weight excluding hydrogens is 264 g/mol. The van der Waals surface area contributed by atoms with E-state index in [1.165, 1.54) is 18.9 Å². The predicted molar refractivity (Wildman–Crippen MR) is 75.0 cm³/mol. The van der Waals surface area contributed by atoms with E-state index >= 15 is 0 Å². The van der Waals surface area contributed by atoms with Gasteiger partial charge in [0.25, 0.3) is 0 Å². The molecule has 2 N–H and O–H groups in total. The fourth-order valence-corrected chi connectivity index (χ4v) is 2.90. The molecule has 1 aromatic carbocycles. The molecule has 1 saturated heterocycles. The third-order valence-corrected chi connectivity index (χ3v) is 4.17. The van der Waals surface area contributed by atoms with E-state index in [1.807, 2.05) is 0 Å². The molecule has 0 bridgehead atoms. The van der Waals surface area contributed by atoms with Gasteiger partial charge in [0.1, 0.15) is 0 Å². The molecule has 1 aliphatic heterocycles. The van der Waals surface area contributed by atoms with Gasteiger partial charge < -0.3 is 10.4 Å². The van der Waals surface area contributed by atoms with Gasteiger partial charge in [0.2, 0.25) is 0 Å². The highest BCUT2D eigenvalue weighted by Crippen LogP contribution is 2.31. The molecule has 0 spiro atoms. The number of nitrogens with zero attached hydrogens (tertiary/aromatic N) is 1. The minimum absolute atomic E-state index is 0.224. The van der Waals surface area contributed by atoms with Crippen LogP contribution in [0.2, 0.25) is 5.02 Å². The van der Waals surface area contributed by atoms with Crippen molar-refractivity contribution in [1.82, 2.24) is 4.90 Å². The van der Waals surface area contributed by atoms with E-state index in [4.69, 9.17) is 16.7 Å². The normalized spacial score (nSPS) is 23.5. The molecule has 1 saturated carbocycles. The van der Waals surface area contributed by atoms with Crippen LogP contribution < -0.4 is 5.32 Å². The summed E-state index contributed by atoms with van der Waals surface area (Å²) in [5.74, 6) is -0.950. The lowest BCUT2D eigenvalue weighted by Crippen LogP contribution is -2.27. The Bertz CT molecular complexity index is 502. The average molecular weight is 281 g/mol. The highest BCUT2D eigenvalue weighted by atomic mass is 35.5. The SMILES string of the molecule is O=C(O)c1ccc(NC2CCN(C3CC3)C2)c(Cl)c1. The first kappa shape index (κ1) is 12.8. The highest BCUT2D eigenvalue weighted by Gasteiger charge is 2.34. The summed E-state index contributed by atoms with van der Waals surface area (Å²) in [4.78, 5) is 13.4. The molecule has 2 aliphatic rings. The van der Waals surface area contributed by atoms with E-state index in [1.54, 1.807) is 12.1 Å². The van der Waals surface area contributed by atoms with Crippen LogP contribution in [0.5, 0.6) is 0 Å². The van der Waals surface area contributed by atoms with E-state index in [9.17, 15) is 4.79 Å². The topological polar surface area (TPSA) is 52.6 Å². The van der Waals surface area contributed by atoms with E-state index in [-0.39, 0.29) is 5.56 Å². The van der Waals surface area contributed by atoms with Crippen molar-refractivity contribution in [2.45, 2.75) is 31.3 Å². The number of carboxylic acids is 1. The molecule has 0 aromatic heterocycles. The Morgan fingerprint density at radius 2 is 2.16 bits per heavy atom. The van der Waals surface area contributed by atoms with Gasteiger partial charge in [0.15, 0.2) is 0 Å². The molecular formula is C14H17ClN2O2. The first-order valence-corrected chi connectivity index (χ1v) is 7.05. The lowest BCUT2D eigenvalue weighted by Gasteiger charge is -2.17. The van der Waals surface area contributed by atoms with E-state index < -0.39 is 5.97 Å². The molecule has 0 amide bonds. The number of aromatic carboxylic acids is 1. The molecule has 3 rings (SSSR count). The number of carbonyl (C=O) groups is 1. The quantitative estimate of drug-likeness (QED) is 0.890. The second kappa shape index (κ2) is 5.02. The summed E-state index contributed by atoms with van der Waals surface area (Å²) in [5, 5.41) is 12.8. The monoisotopic (exact) mass is 280 g/mol. The van der Waals surface area contributed by atoms with Crippen molar-refractivity contribution in [2.24, 2.45) is 0 Å². The van der Waals surface area contributed by atoms with E-state index in [0.717, 1.165) is 31.2 Å². The number of anilines is 1. The fraction of sp³-hybridized carbons (Fsp3) is 0.500. The Morgan fingerprint density at radius 3 is 2.79 bits per heavy atom. The van der Waals surface area contributed by atoms with Gasteiger partial charge in [-0.2, -0.15) is 0 Å². The van der Waals surface area contributed by atoms with Gasteiger partial charge in [-0.15, -0.1) is 0 Å².